The molecule has 4 N–H and O–H groups in total. The van der Waals surface area contributed by atoms with Crippen molar-refractivity contribution in [3.63, 3.8) is 0 Å². The van der Waals surface area contributed by atoms with Crippen molar-refractivity contribution in [3.05, 3.63) is 24.6 Å². The molecule has 1 aromatic rings. The van der Waals surface area contributed by atoms with E-state index in [1.54, 1.807) is 12.1 Å². The number of nitrogens with two attached hydrogens (primary N) is 1. The van der Waals surface area contributed by atoms with Crippen molar-refractivity contribution in [1.82, 2.24) is 15.8 Å². The van der Waals surface area contributed by atoms with Gasteiger partial charge in [0, 0.05) is 12.6 Å². The Morgan fingerprint density at radius 1 is 1.81 bits per heavy atom. The fourth-order valence-corrected chi connectivity index (χ4v) is 1.53. The van der Waals surface area contributed by atoms with E-state index in [4.69, 9.17) is 10.3 Å². The molecule has 2 rings (SSSR count). The van der Waals surface area contributed by atoms with E-state index in [-0.39, 0.29) is 12.2 Å². The molecule has 1 fully saturated rings. The molecule has 0 bridgehead atoms. The number of hydrogen-bond acceptors (Lipinski definition) is 5. The third kappa shape index (κ3) is 1.98. The van der Waals surface area contributed by atoms with Crippen molar-refractivity contribution in [2.75, 3.05) is 18.0 Å². The first kappa shape index (κ1) is 10.5. The zero-order valence-electron chi connectivity index (χ0n) is 8.59. The number of carbonyl (C=O) groups is 1. The molecule has 0 radical (unpaired) electrons. The molecular weight excluding hydrogens is 210 g/mol. The number of rotatable bonds is 4. The third-order valence-electron chi connectivity index (χ3n) is 2.26. The highest BCUT2D eigenvalue weighted by atomic mass is 16.5. The van der Waals surface area contributed by atoms with E-state index in [9.17, 15) is 4.79 Å². The maximum absolute atomic E-state index is 11.6. The Labute approximate surface area is 92.3 Å². The summed E-state index contributed by atoms with van der Waals surface area (Å²) in [4.78, 5) is 13.1. The molecule has 0 saturated carbocycles. The second kappa shape index (κ2) is 4.67. The molecule has 7 nitrogen and oxygen atoms in total. The molecule has 2 amide bonds. The summed E-state index contributed by atoms with van der Waals surface area (Å²) in [6.07, 6.45) is 4.51. The van der Waals surface area contributed by atoms with Crippen molar-refractivity contribution in [2.24, 2.45) is 5.73 Å². The second-order valence-corrected chi connectivity index (χ2v) is 3.27. The summed E-state index contributed by atoms with van der Waals surface area (Å²) in [6.45, 7) is 1.11. The first-order valence-electron chi connectivity index (χ1n) is 4.90. The van der Waals surface area contributed by atoms with E-state index in [2.05, 4.69) is 15.8 Å². The maximum Gasteiger partial charge on any atom is 0.324 e. The lowest BCUT2D eigenvalue weighted by Crippen LogP contribution is -2.44. The van der Waals surface area contributed by atoms with E-state index in [0.717, 1.165) is 0 Å². The monoisotopic (exact) mass is 223 g/mol. The summed E-state index contributed by atoms with van der Waals surface area (Å²) >= 11 is 0. The van der Waals surface area contributed by atoms with Crippen LogP contribution in [-0.2, 0) is 0 Å². The first-order valence-corrected chi connectivity index (χ1v) is 4.90. The molecule has 0 aliphatic carbocycles. The Morgan fingerprint density at radius 3 is 3.38 bits per heavy atom. The van der Waals surface area contributed by atoms with Crippen LogP contribution in [0.2, 0.25) is 0 Å². The Balaban J connectivity index is 2.04. The Hall–Kier alpha value is -2.02. The van der Waals surface area contributed by atoms with Crippen LogP contribution < -0.4 is 21.3 Å². The van der Waals surface area contributed by atoms with Gasteiger partial charge in [-0.3, -0.25) is 10.2 Å². The molecular formula is C9H13N5O2. The summed E-state index contributed by atoms with van der Waals surface area (Å²) < 4.78 is 4.72. The number of anilines is 1. The highest BCUT2D eigenvalue weighted by Crippen LogP contribution is 2.16. The summed E-state index contributed by atoms with van der Waals surface area (Å²) in [7, 11) is 0. The van der Waals surface area contributed by atoms with E-state index >= 15 is 0 Å². The van der Waals surface area contributed by atoms with Crippen molar-refractivity contribution in [3.8, 4) is 0 Å². The minimum atomic E-state index is -0.192. The molecule has 0 aromatic carbocycles. The quantitative estimate of drug-likeness (QED) is 0.645. The lowest BCUT2D eigenvalue weighted by molar-refractivity contribution is 0.251. The lowest BCUT2D eigenvalue weighted by atomic mass is 10.4. The van der Waals surface area contributed by atoms with Gasteiger partial charge in [0.15, 0.2) is 5.82 Å². The lowest BCUT2D eigenvalue weighted by Gasteiger charge is -2.20. The molecule has 1 aliphatic heterocycles. The topological polar surface area (TPSA) is 96.4 Å². The van der Waals surface area contributed by atoms with Gasteiger partial charge in [-0.05, 0) is 6.20 Å². The van der Waals surface area contributed by atoms with Crippen LogP contribution in [0.15, 0.2) is 29.1 Å². The van der Waals surface area contributed by atoms with Crippen molar-refractivity contribution in [2.45, 2.75) is 6.17 Å². The van der Waals surface area contributed by atoms with E-state index in [1.807, 2.05) is 0 Å². The molecule has 2 heterocycles. The van der Waals surface area contributed by atoms with Gasteiger partial charge in [-0.1, -0.05) is 11.2 Å². The normalized spacial score (nSPS) is 20.6. The predicted molar refractivity (Wildman–Crippen MR) is 57.5 cm³/mol. The van der Waals surface area contributed by atoms with Crippen LogP contribution in [0, 0.1) is 0 Å². The van der Waals surface area contributed by atoms with E-state index < -0.39 is 0 Å². The molecule has 7 heteroatoms. The van der Waals surface area contributed by atoms with E-state index in [0.29, 0.717) is 18.9 Å². The SMILES string of the molecule is NC=CCNC1CNC(=O)N1c1ccon1. The number of urea groups is 1. The number of nitrogens with zero attached hydrogens (tertiary/aromatic N) is 2. The standard InChI is InChI=1S/C9H13N5O2/c10-3-1-4-11-8-6-12-9(15)14(8)7-2-5-16-13-7/h1-3,5,8,11H,4,6,10H2,(H,12,15). The van der Waals surface area contributed by atoms with Crippen molar-refractivity contribution in [1.29, 1.82) is 0 Å². The van der Waals surface area contributed by atoms with Crippen LogP contribution in [0.5, 0.6) is 0 Å². The molecule has 16 heavy (non-hydrogen) atoms. The van der Waals surface area contributed by atoms with Crippen LogP contribution in [0.4, 0.5) is 10.6 Å². The first-order chi connectivity index (χ1) is 7.83. The van der Waals surface area contributed by atoms with E-state index in [1.165, 1.54) is 17.4 Å². The fourth-order valence-electron chi connectivity index (χ4n) is 1.53. The zero-order chi connectivity index (χ0) is 11.4. The van der Waals surface area contributed by atoms with Gasteiger partial charge in [0.25, 0.3) is 0 Å². The summed E-state index contributed by atoms with van der Waals surface area (Å²) in [5.41, 5.74) is 5.23. The van der Waals surface area contributed by atoms with Crippen LogP contribution in [-0.4, -0.2) is 30.4 Å². The van der Waals surface area contributed by atoms with Crippen LogP contribution in [0.3, 0.4) is 0 Å². The van der Waals surface area contributed by atoms with Gasteiger partial charge in [-0.25, -0.2) is 4.79 Å². The minimum absolute atomic E-state index is 0.145. The largest absolute Gasteiger partial charge is 0.405 e. The minimum Gasteiger partial charge on any atom is -0.405 e. The number of aromatic nitrogens is 1. The number of amides is 2. The third-order valence-corrected chi connectivity index (χ3v) is 2.26. The number of nitrogens with one attached hydrogen (secondary N) is 2. The van der Waals surface area contributed by atoms with Gasteiger partial charge in [-0.15, -0.1) is 0 Å². The van der Waals surface area contributed by atoms with Crippen molar-refractivity contribution >= 4 is 11.8 Å². The Bertz CT molecular complexity index is 375. The van der Waals surface area contributed by atoms with Crippen molar-refractivity contribution < 1.29 is 9.32 Å². The summed E-state index contributed by atoms with van der Waals surface area (Å²) in [5, 5.41) is 9.60. The fraction of sp³-hybridized carbons (Fsp3) is 0.333. The predicted octanol–water partition coefficient (Wildman–Crippen LogP) is -0.408. The summed E-state index contributed by atoms with van der Waals surface area (Å²) in [6, 6.07) is 1.45. The molecule has 1 unspecified atom stereocenters. The molecule has 1 aliphatic rings. The smallest absolute Gasteiger partial charge is 0.324 e. The van der Waals surface area contributed by atoms with Crippen LogP contribution in [0.25, 0.3) is 0 Å². The number of carbonyl (C=O) groups excluding carboxylic acids is 1. The molecule has 1 aromatic heterocycles. The van der Waals surface area contributed by atoms with Gasteiger partial charge < -0.3 is 15.6 Å². The Morgan fingerprint density at radius 2 is 2.69 bits per heavy atom. The van der Waals surface area contributed by atoms with Gasteiger partial charge in [-0.2, -0.15) is 0 Å². The molecule has 1 saturated heterocycles. The highest BCUT2D eigenvalue weighted by molar-refractivity contribution is 5.93. The van der Waals surface area contributed by atoms with Gasteiger partial charge >= 0.3 is 6.03 Å². The second-order valence-electron chi connectivity index (χ2n) is 3.27. The average molecular weight is 223 g/mol. The molecule has 1 atom stereocenters. The van der Waals surface area contributed by atoms with Gasteiger partial charge in [0.2, 0.25) is 0 Å². The van der Waals surface area contributed by atoms with Gasteiger partial charge in [0.05, 0.1) is 6.54 Å². The molecule has 0 spiro atoms. The average Bonchev–Trinajstić information content (AvgIpc) is 2.88. The maximum atomic E-state index is 11.6. The van der Waals surface area contributed by atoms with Gasteiger partial charge in [0.1, 0.15) is 12.4 Å². The Kier molecular flexibility index (Phi) is 3.06. The highest BCUT2D eigenvalue weighted by Gasteiger charge is 2.32. The zero-order valence-corrected chi connectivity index (χ0v) is 8.59. The number of hydrogen-bond donors (Lipinski definition) is 3. The van der Waals surface area contributed by atoms with Crippen LogP contribution in [0.1, 0.15) is 0 Å². The summed E-state index contributed by atoms with van der Waals surface area (Å²) in [5.74, 6) is 0.490. The van der Waals surface area contributed by atoms with Crippen LogP contribution >= 0.6 is 0 Å². The molecule has 86 valence electrons.